The molecule has 98 valence electrons. The van der Waals surface area contributed by atoms with Crippen molar-refractivity contribution in [2.75, 3.05) is 0 Å². The van der Waals surface area contributed by atoms with Gasteiger partial charge in [-0.15, -0.1) is 0 Å². The van der Waals surface area contributed by atoms with E-state index in [2.05, 4.69) is 0 Å². The van der Waals surface area contributed by atoms with E-state index in [9.17, 15) is 10.2 Å². The van der Waals surface area contributed by atoms with Crippen LogP contribution in [0, 0.1) is 22.7 Å². The van der Waals surface area contributed by atoms with Crippen LogP contribution in [0.1, 0.15) is 16.7 Å². The van der Waals surface area contributed by atoms with Crippen molar-refractivity contribution in [2.24, 2.45) is 0 Å². The third-order valence-corrected chi connectivity index (χ3v) is 2.91. The number of benzene rings is 2. The van der Waals surface area contributed by atoms with Crippen molar-refractivity contribution in [3.05, 3.63) is 47.0 Å². The van der Waals surface area contributed by atoms with Crippen molar-refractivity contribution < 1.29 is 15.3 Å². The van der Waals surface area contributed by atoms with Gasteiger partial charge < -0.3 is 15.3 Å². The Morgan fingerprint density at radius 2 is 1.80 bits per heavy atom. The summed E-state index contributed by atoms with van der Waals surface area (Å²) < 4.78 is 0. The second kappa shape index (κ2) is 5.31. The second-order valence-corrected chi connectivity index (χ2v) is 4.12. The normalized spacial score (nSPS) is 9.75. The number of hydrogen-bond acceptors (Lipinski definition) is 5. The summed E-state index contributed by atoms with van der Waals surface area (Å²) in [4.78, 5) is 0. The smallest absolute Gasteiger partial charge is 0.176 e. The molecule has 2 aromatic rings. The first-order valence-corrected chi connectivity index (χ1v) is 5.71. The van der Waals surface area contributed by atoms with Crippen molar-refractivity contribution in [1.82, 2.24) is 0 Å². The lowest BCUT2D eigenvalue weighted by Gasteiger charge is -2.11. The first-order chi connectivity index (χ1) is 9.62. The third-order valence-electron chi connectivity index (χ3n) is 2.91. The van der Waals surface area contributed by atoms with Crippen LogP contribution in [-0.4, -0.2) is 15.3 Å². The Morgan fingerprint density at radius 1 is 1.05 bits per heavy atom. The van der Waals surface area contributed by atoms with E-state index < -0.39 is 11.5 Å². The van der Waals surface area contributed by atoms with E-state index in [0.717, 1.165) is 6.07 Å². The number of aliphatic hydroxyl groups excluding tert-OH is 1. The summed E-state index contributed by atoms with van der Waals surface area (Å²) in [6.07, 6.45) is 0. The van der Waals surface area contributed by atoms with Gasteiger partial charge in [0.15, 0.2) is 11.5 Å². The molecule has 0 radical (unpaired) electrons. The molecular weight excluding hydrogens is 256 g/mol. The summed E-state index contributed by atoms with van der Waals surface area (Å²) in [6.45, 7) is -0.179. The van der Waals surface area contributed by atoms with Crippen LogP contribution >= 0.6 is 0 Å². The minimum absolute atomic E-state index is 0.0759. The molecule has 0 heterocycles. The van der Waals surface area contributed by atoms with Crippen LogP contribution in [0.5, 0.6) is 11.5 Å². The summed E-state index contributed by atoms with van der Waals surface area (Å²) in [5.41, 5.74) is 1.27. The number of rotatable bonds is 2. The summed E-state index contributed by atoms with van der Waals surface area (Å²) in [5, 5.41) is 46.7. The molecule has 0 aliphatic rings. The van der Waals surface area contributed by atoms with Gasteiger partial charge in [-0.1, -0.05) is 18.2 Å². The highest BCUT2D eigenvalue weighted by Crippen LogP contribution is 2.39. The monoisotopic (exact) mass is 266 g/mol. The van der Waals surface area contributed by atoms with Gasteiger partial charge in [0.25, 0.3) is 0 Å². The zero-order valence-electron chi connectivity index (χ0n) is 10.3. The van der Waals surface area contributed by atoms with E-state index in [0.29, 0.717) is 11.1 Å². The van der Waals surface area contributed by atoms with Crippen LogP contribution in [-0.2, 0) is 6.61 Å². The molecule has 20 heavy (non-hydrogen) atoms. The molecule has 5 heteroatoms. The van der Waals surface area contributed by atoms with E-state index in [1.54, 1.807) is 30.3 Å². The third kappa shape index (κ3) is 2.14. The molecule has 0 unspecified atom stereocenters. The Morgan fingerprint density at radius 3 is 2.40 bits per heavy atom. The quantitative estimate of drug-likeness (QED) is 0.720. The molecule has 0 aromatic heterocycles. The number of nitrogens with zero attached hydrogens (tertiary/aromatic N) is 2. The zero-order valence-corrected chi connectivity index (χ0v) is 10.3. The maximum Gasteiger partial charge on any atom is 0.176 e. The minimum atomic E-state index is -0.559. The lowest BCUT2D eigenvalue weighted by Crippen LogP contribution is -1.93. The van der Waals surface area contributed by atoms with Gasteiger partial charge in [0.2, 0.25) is 0 Å². The Kier molecular flexibility index (Phi) is 3.56. The van der Waals surface area contributed by atoms with Crippen molar-refractivity contribution in [1.29, 1.82) is 10.5 Å². The minimum Gasteiger partial charge on any atom is -0.504 e. The van der Waals surface area contributed by atoms with Gasteiger partial charge >= 0.3 is 0 Å². The highest BCUT2D eigenvalue weighted by atomic mass is 16.3. The largest absolute Gasteiger partial charge is 0.504 e. The number of aliphatic hydroxyl groups is 1. The molecule has 0 atom stereocenters. The van der Waals surface area contributed by atoms with Crippen LogP contribution in [0.15, 0.2) is 30.3 Å². The van der Waals surface area contributed by atoms with Gasteiger partial charge in [-0.05, 0) is 17.2 Å². The average molecular weight is 266 g/mol. The van der Waals surface area contributed by atoms with Crippen molar-refractivity contribution >= 4 is 0 Å². The maximum atomic E-state index is 9.75. The first-order valence-electron chi connectivity index (χ1n) is 5.71. The average Bonchev–Trinajstić information content (AvgIpc) is 2.49. The van der Waals surface area contributed by atoms with Crippen LogP contribution in [0.25, 0.3) is 11.1 Å². The van der Waals surface area contributed by atoms with Crippen LogP contribution in [0.2, 0.25) is 0 Å². The Balaban J connectivity index is 2.82. The van der Waals surface area contributed by atoms with Gasteiger partial charge in [0.1, 0.15) is 11.6 Å². The van der Waals surface area contributed by atoms with Crippen LogP contribution in [0.4, 0.5) is 0 Å². The molecule has 0 spiro atoms. The fourth-order valence-corrected chi connectivity index (χ4v) is 1.98. The van der Waals surface area contributed by atoms with Crippen molar-refractivity contribution in [3.63, 3.8) is 0 Å². The molecule has 5 nitrogen and oxygen atoms in total. The van der Waals surface area contributed by atoms with E-state index in [1.165, 1.54) is 0 Å². The molecule has 0 amide bonds. The molecule has 0 bridgehead atoms. The number of nitriles is 2. The van der Waals surface area contributed by atoms with Gasteiger partial charge in [0.05, 0.1) is 18.2 Å². The van der Waals surface area contributed by atoms with E-state index in [-0.39, 0.29) is 23.3 Å². The van der Waals surface area contributed by atoms with E-state index in [4.69, 9.17) is 15.6 Å². The van der Waals surface area contributed by atoms with Gasteiger partial charge in [-0.2, -0.15) is 10.5 Å². The standard InChI is InChI=1S/C15H10N2O3/c16-6-11-5-13(19)15(20)12(7-17)14(11)10-3-1-2-9(4-10)8-18/h1-5,18-20H,8H2. The molecule has 2 aromatic carbocycles. The summed E-state index contributed by atoms with van der Waals surface area (Å²) in [5.74, 6) is -1.07. The number of hydrogen-bond donors (Lipinski definition) is 3. The van der Waals surface area contributed by atoms with Gasteiger partial charge in [0, 0.05) is 11.6 Å². The van der Waals surface area contributed by atoms with Crippen LogP contribution < -0.4 is 0 Å². The van der Waals surface area contributed by atoms with Crippen molar-refractivity contribution in [2.45, 2.75) is 6.61 Å². The molecule has 2 rings (SSSR count). The Hall–Kier alpha value is -3.02. The lowest BCUT2D eigenvalue weighted by atomic mass is 9.93. The number of phenols is 2. The molecule has 0 saturated heterocycles. The first kappa shape index (κ1) is 13.4. The molecular formula is C15H10N2O3. The van der Waals surface area contributed by atoms with Gasteiger partial charge in [-0.3, -0.25) is 0 Å². The summed E-state index contributed by atoms with van der Waals surface area (Å²) in [7, 11) is 0. The predicted octanol–water partition coefficient (Wildman–Crippen LogP) is 2.00. The molecule has 0 saturated carbocycles. The molecule has 0 aliphatic heterocycles. The summed E-state index contributed by atoms with van der Waals surface area (Å²) in [6, 6.07) is 11.4. The van der Waals surface area contributed by atoms with E-state index >= 15 is 0 Å². The molecule has 0 fully saturated rings. The highest BCUT2D eigenvalue weighted by Gasteiger charge is 2.19. The predicted molar refractivity (Wildman–Crippen MR) is 70.6 cm³/mol. The Bertz CT molecular complexity index is 755. The second-order valence-electron chi connectivity index (χ2n) is 4.12. The zero-order chi connectivity index (χ0) is 14.7. The fraction of sp³-hybridized carbons (Fsp3) is 0.0667. The Labute approximate surface area is 115 Å². The molecule has 0 aliphatic carbocycles. The fourth-order valence-electron chi connectivity index (χ4n) is 1.98. The summed E-state index contributed by atoms with van der Waals surface area (Å²) >= 11 is 0. The SMILES string of the molecule is N#Cc1cc(O)c(O)c(C#N)c1-c1cccc(CO)c1. The number of phenolic OH excluding ortho intramolecular Hbond substituents is 2. The highest BCUT2D eigenvalue weighted by molar-refractivity contribution is 5.81. The maximum absolute atomic E-state index is 9.75. The molecule has 3 N–H and O–H groups in total. The lowest BCUT2D eigenvalue weighted by molar-refractivity contribution is 0.282. The number of aromatic hydroxyl groups is 2. The van der Waals surface area contributed by atoms with Crippen molar-refractivity contribution in [3.8, 4) is 34.8 Å². The van der Waals surface area contributed by atoms with Gasteiger partial charge in [-0.25, -0.2) is 0 Å². The van der Waals surface area contributed by atoms with Crippen LogP contribution in [0.3, 0.4) is 0 Å². The van der Waals surface area contributed by atoms with E-state index in [1.807, 2.05) is 6.07 Å². The topological polar surface area (TPSA) is 108 Å².